The molecular weight excluding hydrogens is 418 g/mol. The molecule has 0 bridgehead atoms. The maximum Gasteiger partial charge on any atom is 0.407 e. The molecule has 1 saturated carbocycles. The zero-order valence-electron chi connectivity index (χ0n) is 16.5. The van der Waals surface area contributed by atoms with Crippen LogP contribution in [0.4, 0.5) is 9.80 Å². The molecule has 0 aliphatic heterocycles. The Kier molecular flexibility index (Phi) is 6.50. The van der Waals surface area contributed by atoms with E-state index >= 15 is 0 Å². The second-order valence-electron chi connectivity index (χ2n) is 7.64. The predicted octanol–water partition coefficient (Wildman–Crippen LogP) is 4.72. The lowest BCUT2D eigenvalue weighted by Gasteiger charge is -2.27. The first-order valence-corrected chi connectivity index (χ1v) is 11.8. The van der Waals surface area contributed by atoms with Crippen LogP contribution >= 0.6 is 22.7 Å². The van der Waals surface area contributed by atoms with Crippen molar-refractivity contribution in [3.8, 4) is 6.07 Å². The number of hydrogen-bond donors (Lipinski definition) is 2. The zero-order chi connectivity index (χ0) is 20.9. The number of rotatable bonds is 6. The number of hydrogen-bond acceptors (Lipinski definition) is 6. The lowest BCUT2D eigenvalue weighted by molar-refractivity contribution is -0.111. The van der Waals surface area contributed by atoms with Crippen molar-refractivity contribution in [1.29, 1.82) is 5.26 Å². The topological polar surface area (TPSA) is 91.2 Å². The third kappa shape index (κ3) is 4.91. The van der Waals surface area contributed by atoms with Gasteiger partial charge in [0.25, 0.3) is 0 Å². The number of carbonyl (C=O) groups is 2. The molecular formula is C22H23N3O3S2. The number of fused-ring (bicyclic) bond motifs is 1. The van der Waals surface area contributed by atoms with Gasteiger partial charge in [-0.2, -0.15) is 5.26 Å². The molecule has 0 radical (unpaired) electrons. The van der Waals surface area contributed by atoms with Crippen molar-refractivity contribution in [1.82, 2.24) is 5.32 Å². The van der Waals surface area contributed by atoms with E-state index in [1.807, 2.05) is 17.5 Å². The minimum absolute atomic E-state index is 0.233. The molecule has 6 nitrogen and oxygen atoms in total. The molecule has 2 aromatic heterocycles. The maximum atomic E-state index is 12.3. The highest BCUT2D eigenvalue weighted by Crippen LogP contribution is 2.39. The molecule has 2 heterocycles. The summed E-state index contributed by atoms with van der Waals surface area (Å²) < 4.78 is 5.41. The molecule has 0 spiro atoms. The Morgan fingerprint density at radius 2 is 2.20 bits per heavy atom. The SMILES string of the molecule is N#Cc1c(NC(=O)/C=C/c2cccs2)sc2c1CCC(COC(=O)NC1CCC1)C2. The van der Waals surface area contributed by atoms with Gasteiger partial charge >= 0.3 is 6.09 Å². The summed E-state index contributed by atoms with van der Waals surface area (Å²) in [6.45, 7) is 0.378. The number of ether oxygens (including phenoxy) is 1. The predicted molar refractivity (Wildman–Crippen MR) is 119 cm³/mol. The average Bonchev–Trinajstić information content (AvgIpc) is 3.34. The highest BCUT2D eigenvalue weighted by atomic mass is 32.1. The first-order chi connectivity index (χ1) is 14.6. The Labute approximate surface area is 183 Å². The third-order valence-corrected chi connectivity index (χ3v) is 7.54. The van der Waals surface area contributed by atoms with Crippen LogP contribution in [-0.4, -0.2) is 24.6 Å². The van der Waals surface area contributed by atoms with Gasteiger partial charge in [0.05, 0.1) is 12.2 Å². The fraction of sp³-hybridized carbons (Fsp3) is 0.409. The van der Waals surface area contributed by atoms with Crippen LogP contribution in [0.2, 0.25) is 0 Å². The maximum absolute atomic E-state index is 12.3. The second kappa shape index (κ2) is 9.45. The molecule has 2 aliphatic carbocycles. The Bertz CT molecular complexity index is 984. The molecule has 2 N–H and O–H groups in total. The van der Waals surface area contributed by atoms with E-state index in [0.29, 0.717) is 17.2 Å². The largest absolute Gasteiger partial charge is 0.449 e. The van der Waals surface area contributed by atoms with E-state index in [9.17, 15) is 14.9 Å². The van der Waals surface area contributed by atoms with Crippen LogP contribution in [-0.2, 0) is 22.4 Å². The molecule has 1 fully saturated rings. The number of carbonyl (C=O) groups excluding carboxylic acids is 2. The van der Waals surface area contributed by atoms with Crippen molar-refractivity contribution in [3.63, 3.8) is 0 Å². The first-order valence-electron chi connectivity index (χ1n) is 10.1. The van der Waals surface area contributed by atoms with Crippen molar-refractivity contribution < 1.29 is 14.3 Å². The van der Waals surface area contributed by atoms with Crippen LogP contribution in [0, 0.1) is 17.2 Å². The van der Waals surface area contributed by atoms with E-state index in [-0.39, 0.29) is 24.0 Å². The molecule has 0 saturated heterocycles. The first kappa shape index (κ1) is 20.6. The van der Waals surface area contributed by atoms with E-state index in [0.717, 1.165) is 47.4 Å². The lowest BCUT2D eigenvalue weighted by atomic mass is 9.88. The summed E-state index contributed by atoms with van der Waals surface area (Å²) in [6.07, 6.45) is 8.53. The van der Waals surface area contributed by atoms with Gasteiger partial charge in [0.2, 0.25) is 5.91 Å². The molecule has 2 aliphatic rings. The van der Waals surface area contributed by atoms with Crippen LogP contribution in [0.25, 0.3) is 6.08 Å². The van der Waals surface area contributed by atoms with E-state index < -0.39 is 0 Å². The van der Waals surface area contributed by atoms with Gasteiger partial charge in [0.1, 0.15) is 11.1 Å². The number of alkyl carbamates (subject to hydrolysis) is 1. The number of nitrogens with one attached hydrogen (secondary N) is 2. The normalized spacial score (nSPS) is 18.3. The van der Waals surface area contributed by atoms with Crippen molar-refractivity contribution >= 4 is 45.8 Å². The summed E-state index contributed by atoms with van der Waals surface area (Å²) >= 11 is 3.02. The Balaban J connectivity index is 1.35. The average molecular weight is 442 g/mol. The van der Waals surface area contributed by atoms with Crippen molar-refractivity contribution in [2.24, 2.45) is 5.92 Å². The Morgan fingerprint density at radius 1 is 1.33 bits per heavy atom. The molecule has 2 amide bonds. The van der Waals surface area contributed by atoms with Gasteiger partial charge in [0.15, 0.2) is 0 Å². The van der Waals surface area contributed by atoms with Gasteiger partial charge < -0.3 is 15.4 Å². The molecule has 2 aromatic rings. The number of thiophene rings is 2. The molecule has 8 heteroatoms. The number of nitriles is 1. The number of nitrogens with zero attached hydrogens (tertiary/aromatic N) is 1. The van der Waals surface area contributed by atoms with Crippen LogP contribution in [0.15, 0.2) is 23.6 Å². The molecule has 1 atom stereocenters. The zero-order valence-corrected chi connectivity index (χ0v) is 18.1. The van der Waals surface area contributed by atoms with E-state index in [1.165, 1.54) is 23.8 Å². The summed E-state index contributed by atoms with van der Waals surface area (Å²) in [7, 11) is 0. The number of amides is 2. The van der Waals surface area contributed by atoms with Crippen LogP contribution in [0.5, 0.6) is 0 Å². The molecule has 0 aromatic carbocycles. The molecule has 4 rings (SSSR count). The van der Waals surface area contributed by atoms with Crippen molar-refractivity contribution in [2.75, 3.05) is 11.9 Å². The van der Waals surface area contributed by atoms with Gasteiger partial charge in [-0.3, -0.25) is 4.79 Å². The Hall–Kier alpha value is -2.63. The summed E-state index contributed by atoms with van der Waals surface area (Å²) in [6, 6.07) is 6.40. The summed E-state index contributed by atoms with van der Waals surface area (Å²) in [5.74, 6) is -0.0110. The van der Waals surface area contributed by atoms with Gasteiger partial charge in [-0.1, -0.05) is 6.07 Å². The van der Waals surface area contributed by atoms with Crippen LogP contribution < -0.4 is 10.6 Å². The fourth-order valence-corrected chi connectivity index (χ4v) is 5.59. The van der Waals surface area contributed by atoms with Crippen molar-refractivity contribution in [3.05, 3.63) is 44.5 Å². The highest BCUT2D eigenvalue weighted by Gasteiger charge is 2.27. The summed E-state index contributed by atoms with van der Waals surface area (Å²) in [5.41, 5.74) is 1.59. The lowest BCUT2D eigenvalue weighted by Crippen LogP contribution is -2.40. The third-order valence-electron chi connectivity index (χ3n) is 5.54. The van der Waals surface area contributed by atoms with Crippen LogP contribution in [0.1, 0.15) is 46.6 Å². The molecule has 30 heavy (non-hydrogen) atoms. The minimum Gasteiger partial charge on any atom is -0.449 e. The van der Waals surface area contributed by atoms with Gasteiger partial charge in [-0.25, -0.2) is 4.79 Å². The van der Waals surface area contributed by atoms with Gasteiger partial charge in [-0.15, -0.1) is 22.7 Å². The summed E-state index contributed by atoms with van der Waals surface area (Å²) in [5, 5.41) is 17.9. The summed E-state index contributed by atoms with van der Waals surface area (Å²) in [4.78, 5) is 26.3. The van der Waals surface area contributed by atoms with Gasteiger partial charge in [-0.05, 0) is 67.5 Å². The van der Waals surface area contributed by atoms with Crippen molar-refractivity contribution in [2.45, 2.75) is 44.6 Å². The van der Waals surface area contributed by atoms with E-state index in [4.69, 9.17) is 4.74 Å². The van der Waals surface area contributed by atoms with E-state index in [1.54, 1.807) is 17.4 Å². The van der Waals surface area contributed by atoms with Gasteiger partial charge in [0, 0.05) is 21.9 Å². The second-order valence-corrected chi connectivity index (χ2v) is 9.72. The highest BCUT2D eigenvalue weighted by molar-refractivity contribution is 7.16. The molecule has 156 valence electrons. The molecule has 1 unspecified atom stereocenters. The number of anilines is 1. The quantitative estimate of drug-likeness (QED) is 0.635. The van der Waals surface area contributed by atoms with Crippen LogP contribution in [0.3, 0.4) is 0 Å². The Morgan fingerprint density at radius 3 is 2.90 bits per heavy atom. The fourth-order valence-electron chi connectivity index (χ4n) is 3.65. The monoisotopic (exact) mass is 441 g/mol. The smallest absolute Gasteiger partial charge is 0.407 e. The van der Waals surface area contributed by atoms with E-state index in [2.05, 4.69) is 16.7 Å². The standard InChI is InChI=1S/C22H23N3O3S2/c23-12-18-17-8-6-14(13-28-22(27)24-15-3-1-4-15)11-19(17)30-21(18)25-20(26)9-7-16-5-2-10-29-16/h2,5,7,9-10,14-15H,1,3-4,6,8,11,13H2,(H,24,27)(H,25,26)/b9-7+. The minimum atomic E-state index is -0.333.